The third-order valence-electron chi connectivity index (χ3n) is 3.12. The van der Waals surface area contributed by atoms with Crippen LogP contribution >= 0.6 is 0 Å². The number of amides is 3. The Labute approximate surface area is 115 Å². The van der Waals surface area contributed by atoms with Crippen LogP contribution in [0.5, 0.6) is 0 Å². The molecule has 20 heavy (non-hydrogen) atoms. The summed E-state index contributed by atoms with van der Waals surface area (Å²) in [6, 6.07) is 2.84. The van der Waals surface area contributed by atoms with Crippen molar-refractivity contribution in [2.45, 2.75) is 19.5 Å². The molecule has 1 aromatic rings. The van der Waals surface area contributed by atoms with Gasteiger partial charge in [-0.3, -0.25) is 35.0 Å². The molecule has 2 rings (SSSR count). The van der Waals surface area contributed by atoms with Crippen LogP contribution in [0, 0.1) is 0 Å². The predicted molar refractivity (Wildman–Crippen MR) is 68.9 cm³/mol. The molecular formula is C12H15N5O3. The fraction of sp³-hybridized carbons (Fsp3) is 0.333. The number of carbonyl (C=O) groups is 3. The standard InChI is InChI=1S/C12H15N5O3/c1-7-11(19)15-10(18)6-17(7)5-9-3-2-8(4-14-9)12(20)16-13/h2-4,7H,5-6,13H2,1H3,(H,16,20)(H,15,18,19). The Balaban J connectivity index is 2.07. The van der Waals surface area contributed by atoms with Crippen molar-refractivity contribution < 1.29 is 14.4 Å². The quantitative estimate of drug-likeness (QED) is 0.269. The molecular weight excluding hydrogens is 262 g/mol. The summed E-state index contributed by atoms with van der Waals surface area (Å²) in [6.45, 7) is 2.21. The average Bonchev–Trinajstić information content (AvgIpc) is 2.44. The number of nitrogens with one attached hydrogen (secondary N) is 2. The summed E-state index contributed by atoms with van der Waals surface area (Å²) in [7, 11) is 0. The molecule has 0 spiro atoms. The van der Waals surface area contributed by atoms with Gasteiger partial charge in [-0.25, -0.2) is 5.84 Å². The van der Waals surface area contributed by atoms with Crippen LogP contribution in [0.1, 0.15) is 23.0 Å². The van der Waals surface area contributed by atoms with Crippen LogP contribution in [0.2, 0.25) is 0 Å². The minimum atomic E-state index is -0.426. The molecule has 0 saturated carbocycles. The fourth-order valence-corrected chi connectivity index (χ4v) is 1.91. The van der Waals surface area contributed by atoms with Crippen molar-refractivity contribution in [3.05, 3.63) is 29.6 Å². The summed E-state index contributed by atoms with van der Waals surface area (Å²) in [4.78, 5) is 40.0. The van der Waals surface area contributed by atoms with Gasteiger partial charge in [0, 0.05) is 12.7 Å². The molecule has 1 unspecified atom stereocenters. The number of imide groups is 1. The van der Waals surface area contributed by atoms with E-state index in [1.165, 1.54) is 6.20 Å². The Kier molecular flexibility index (Phi) is 4.06. The van der Waals surface area contributed by atoms with E-state index in [4.69, 9.17) is 5.84 Å². The van der Waals surface area contributed by atoms with Crippen molar-refractivity contribution in [3.8, 4) is 0 Å². The largest absolute Gasteiger partial charge is 0.294 e. The molecule has 0 aromatic carbocycles. The Hall–Kier alpha value is -2.32. The number of piperazine rings is 1. The van der Waals surface area contributed by atoms with Crippen molar-refractivity contribution in [3.63, 3.8) is 0 Å². The highest BCUT2D eigenvalue weighted by Gasteiger charge is 2.30. The Morgan fingerprint density at radius 1 is 1.55 bits per heavy atom. The van der Waals surface area contributed by atoms with Crippen LogP contribution in [0.4, 0.5) is 0 Å². The number of carbonyl (C=O) groups excluding carboxylic acids is 3. The van der Waals surface area contributed by atoms with Crippen molar-refractivity contribution in [2.24, 2.45) is 5.84 Å². The summed E-state index contributed by atoms with van der Waals surface area (Å²) < 4.78 is 0. The van der Waals surface area contributed by atoms with E-state index in [1.54, 1.807) is 24.0 Å². The van der Waals surface area contributed by atoms with Crippen LogP contribution in [0.3, 0.4) is 0 Å². The van der Waals surface area contributed by atoms with E-state index in [2.05, 4.69) is 10.3 Å². The van der Waals surface area contributed by atoms with Crippen LogP contribution in [0.15, 0.2) is 18.3 Å². The Morgan fingerprint density at radius 2 is 2.30 bits per heavy atom. The van der Waals surface area contributed by atoms with Crippen LogP contribution < -0.4 is 16.6 Å². The van der Waals surface area contributed by atoms with Crippen molar-refractivity contribution in [1.82, 2.24) is 20.6 Å². The average molecular weight is 277 g/mol. The molecule has 0 bridgehead atoms. The van der Waals surface area contributed by atoms with Gasteiger partial charge in [0.2, 0.25) is 11.8 Å². The molecule has 3 amide bonds. The summed E-state index contributed by atoms with van der Waals surface area (Å²) in [5, 5.41) is 2.27. The zero-order valence-corrected chi connectivity index (χ0v) is 10.9. The molecule has 8 heteroatoms. The Bertz CT molecular complexity index is 543. The summed E-state index contributed by atoms with van der Waals surface area (Å²) in [6.07, 6.45) is 1.40. The number of nitrogens with two attached hydrogens (primary N) is 1. The fourth-order valence-electron chi connectivity index (χ4n) is 1.91. The molecule has 1 aromatic heterocycles. The van der Waals surface area contributed by atoms with E-state index < -0.39 is 11.9 Å². The summed E-state index contributed by atoms with van der Waals surface area (Å²) >= 11 is 0. The first kappa shape index (κ1) is 14.1. The summed E-state index contributed by atoms with van der Waals surface area (Å²) in [5.41, 5.74) is 3.02. The number of hydrazine groups is 1. The number of rotatable bonds is 3. The molecule has 1 atom stereocenters. The lowest BCUT2D eigenvalue weighted by Gasteiger charge is -2.31. The van der Waals surface area contributed by atoms with Crippen LogP contribution in [-0.2, 0) is 16.1 Å². The third-order valence-corrected chi connectivity index (χ3v) is 3.12. The van der Waals surface area contributed by atoms with E-state index >= 15 is 0 Å². The molecule has 0 radical (unpaired) electrons. The van der Waals surface area contributed by atoms with Crippen LogP contribution in [-0.4, -0.2) is 40.2 Å². The van der Waals surface area contributed by atoms with Gasteiger partial charge in [-0.1, -0.05) is 0 Å². The highest BCUT2D eigenvalue weighted by molar-refractivity contribution is 6.00. The predicted octanol–water partition coefficient (Wildman–Crippen LogP) is -1.47. The van der Waals surface area contributed by atoms with Gasteiger partial charge in [-0.2, -0.15) is 0 Å². The maximum atomic E-state index is 11.5. The minimum absolute atomic E-state index is 0.139. The first-order valence-corrected chi connectivity index (χ1v) is 6.05. The maximum absolute atomic E-state index is 11.5. The molecule has 2 heterocycles. The molecule has 4 N–H and O–H groups in total. The summed E-state index contributed by atoms with van der Waals surface area (Å²) in [5.74, 6) is 3.95. The van der Waals surface area contributed by atoms with Crippen molar-refractivity contribution in [1.29, 1.82) is 0 Å². The smallest absolute Gasteiger partial charge is 0.266 e. The molecule has 106 valence electrons. The lowest BCUT2D eigenvalue weighted by atomic mass is 10.1. The number of hydrogen-bond donors (Lipinski definition) is 3. The van der Waals surface area contributed by atoms with Gasteiger partial charge in [0.25, 0.3) is 5.91 Å². The second-order valence-electron chi connectivity index (χ2n) is 4.51. The van der Waals surface area contributed by atoms with Gasteiger partial charge in [-0.05, 0) is 19.1 Å². The van der Waals surface area contributed by atoms with Gasteiger partial charge in [-0.15, -0.1) is 0 Å². The zero-order valence-electron chi connectivity index (χ0n) is 10.9. The van der Waals surface area contributed by atoms with Gasteiger partial charge in [0.1, 0.15) is 0 Å². The number of aromatic nitrogens is 1. The lowest BCUT2D eigenvalue weighted by molar-refractivity contribution is -0.139. The molecule has 1 aliphatic rings. The van der Waals surface area contributed by atoms with Gasteiger partial charge >= 0.3 is 0 Å². The number of pyridine rings is 1. The second kappa shape index (κ2) is 5.76. The van der Waals surface area contributed by atoms with E-state index in [0.717, 1.165) is 0 Å². The topological polar surface area (TPSA) is 117 Å². The molecule has 8 nitrogen and oxygen atoms in total. The monoisotopic (exact) mass is 277 g/mol. The first-order chi connectivity index (χ1) is 9.51. The van der Waals surface area contributed by atoms with Gasteiger partial charge in [0.05, 0.1) is 23.8 Å². The zero-order chi connectivity index (χ0) is 14.7. The van der Waals surface area contributed by atoms with E-state index in [0.29, 0.717) is 17.8 Å². The number of nitrogens with zero attached hydrogens (tertiary/aromatic N) is 2. The molecule has 1 fully saturated rings. The minimum Gasteiger partial charge on any atom is -0.294 e. The second-order valence-corrected chi connectivity index (χ2v) is 4.51. The number of nitrogen functional groups attached to an aromatic ring is 1. The molecule has 1 aliphatic heterocycles. The highest BCUT2D eigenvalue weighted by Crippen LogP contribution is 2.10. The lowest BCUT2D eigenvalue weighted by Crippen LogP contribution is -2.56. The maximum Gasteiger partial charge on any atom is 0.266 e. The SMILES string of the molecule is CC1C(=O)NC(=O)CN1Cc1ccc(C(=O)NN)cn1. The van der Waals surface area contributed by atoms with E-state index in [-0.39, 0.29) is 18.4 Å². The first-order valence-electron chi connectivity index (χ1n) is 6.05. The van der Waals surface area contributed by atoms with E-state index in [1.807, 2.05) is 5.43 Å². The van der Waals surface area contributed by atoms with Crippen LogP contribution in [0.25, 0.3) is 0 Å². The van der Waals surface area contributed by atoms with Gasteiger partial charge in [0.15, 0.2) is 0 Å². The Morgan fingerprint density at radius 3 is 2.90 bits per heavy atom. The normalized spacial score (nSPS) is 19.6. The van der Waals surface area contributed by atoms with Crippen molar-refractivity contribution in [2.75, 3.05) is 6.54 Å². The highest BCUT2D eigenvalue weighted by atomic mass is 16.2. The van der Waals surface area contributed by atoms with Crippen molar-refractivity contribution >= 4 is 17.7 Å². The third kappa shape index (κ3) is 2.98. The van der Waals surface area contributed by atoms with E-state index in [9.17, 15) is 14.4 Å². The molecule has 1 saturated heterocycles. The van der Waals surface area contributed by atoms with Gasteiger partial charge < -0.3 is 0 Å². The molecule has 0 aliphatic carbocycles. The number of hydrogen-bond acceptors (Lipinski definition) is 6.